The van der Waals surface area contributed by atoms with Gasteiger partial charge in [-0.1, -0.05) is 20.8 Å². The molecule has 0 spiro atoms. The van der Waals surface area contributed by atoms with Gasteiger partial charge in [-0.05, 0) is 12.8 Å². The van der Waals surface area contributed by atoms with Crippen molar-refractivity contribution in [1.29, 1.82) is 0 Å². The highest BCUT2D eigenvalue weighted by Gasteiger charge is 2.25. The van der Waals surface area contributed by atoms with Crippen molar-refractivity contribution in [2.45, 2.75) is 32.9 Å². The van der Waals surface area contributed by atoms with Gasteiger partial charge in [0.15, 0.2) is 5.96 Å². The van der Waals surface area contributed by atoms with Crippen molar-refractivity contribution < 1.29 is 9.53 Å². The summed E-state index contributed by atoms with van der Waals surface area (Å²) in [4.78, 5) is 18.4. The molecule has 0 saturated carbocycles. The normalized spacial score (nSPS) is 21.3. The maximum Gasteiger partial charge on any atom is 0.310 e. The lowest BCUT2D eigenvalue weighted by atomic mass is 10.1. The Morgan fingerprint density at radius 1 is 1.48 bits per heavy atom. The molecule has 2 unspecified atom stereocenters. The fourth-order valence-electron chi connectivity index (χ4n) is 2.20. The molecule has 0 aromatic heterocycles. The third-order valence-electron chi connectivity index (χ3n) is 3.59. The van der Waals surface area contributed by atoms with Crippen molar-refractivity contribution in [3.63, 3.8) is 0 Å². The zero-order chi connectivity index (χ0) is 15.8. The summed E-state index contributed by atoms with van der Waals surface area (Å²) in [6.07, 6.45) is 0. The van der Waals surface area contributed by atoms with E-state index in [1.807, 2.05) is 18.7 Å². The number of guanidine groups is 1. The molecule has 0 bridgehead atoms. The second-order valence-electron chi connectivity index (χ2n) is 5.72. The fraction of sp³-hybridized carbons (Fsp3) is 0.867. The molecular formula is C15H29N3O2S. The molecule has 21 heavy (non-hydrogen) atoms. The number of methoxy groups -OCH3 is 1. The Balaban J connectivity index is 2.68. The number of aliphatic imine (C=N–C) groups is 1. The van der Waals surface area contributed by atoms with Crippen LogP contribution in [0.4, 0.5) is 0 Å². The Kier molecular flexibility index (Phi) is 7.93. The minimum absolute atomic E-state index is 0.205. The van der Waals surface area contributed by atoms with Gasteiger partial charge in [0, 0.05) is 30.6 Å². The summed E-state index contributed by atoms with van der Waals surface area (Å²) in [6, 6.07) is 0. The van der Waals surface area contributed by atoms with Gasteiger partial charge in [0.2, 0.25) is 0 Å². The monoisotopic (exact) mass is 315 g/mol. The van der Waals surface area contributed by atoms with E-state index in [0.29, 0.717) is 17.7 Å². The van der Waals surface area contributed by atoms with E-state index < -0.39 is 0 Å². The number of rotatable bonds is 5. The molecule has 1 saturated heterocycles. The lowest BCUT2D eigenvalue weighted by molar-refractivity contribution is -0.144. The molecule has 0 aromatic carbocycles. The molecule has 1 heterocycles. The molecule has 6 heteroatoms. The third-order valence-corrected chi connectivity index (χ3v) is 5.13. The molecule has 0 aliphatic carbocycles. The molecule has 1 rings (SSSR count). The van der Waals surface area contributed by atoms with Crippen LogP contribution >= 0.6 is 11.8 Å². The molecule has 122 valence electrons. The Hall–Kier alpha value is -0.910. The van der Waals surface area contributed by atoms with Gasteiger partial charge in [-0.25, -0.2) is 0 Å². The van der Waals surface area contributed by atoms with Crippen molar-refractivity contribution in [2.24, 2.45) is 16.8 Å². The van der Waals surface area contributed by atoms with E-state index in [1.165, 1.54) is 7.11 Å². The highest BCUT2D eigenvalue weighted by molar-refractivity contribution is 8.00. The molecule has 1 N–H and O–H groups in total. The van der Waals surface area contributed by atoms with Gasteiger partial charge in [0.05, 0.1) is 19.6 Å². The van der Waals surface area contributed by atoms with E-state index >= 15 is 0 Å². The Bertz CT molecular complexity index is 361. The number of hydrogen-bond donors (Lipinski definition) is 1. The quantitative estimate of drug-likeness (QED) is 0.476. The first kappa shape index (κ1) is 18.1. The Morgan fingerprint density at radius 2 is 2.19 bits per heavy atom. The van der Waals surface area contributed by atoms with Crippen LogP contribution in [0.15, 0.2) is 4.99 Å². The lowest BCUT2D eigenvalue weighted by Crippen LogP contribution is -2.49. The molecule has 1 aliphatic rings. The van der Waals surface area contributed by atoms with Crippen LogP contribution in [0, 0.1) is 11.8 Å². The van der Waals surface area contributed by atoms with Gasteiger partial charge < -0.3 is 15.0 Å². The van der Waals surface area contributed by atoms with Gasteiger partial charge in [0.25, 0.3) is 0 Å². The molecule has 0 radical (unpaired) electrons. The number of carbonyl (C=O) groups excluding carboxylic acids is 1. The van der Waals surface area contributed by atoms with Crippen LogP contribution in [-0.2, 0) is 9.53 Å². The van der Waals surface area contributed by atoms with Crippen molar-refractivity contribution in [2.75, 3.05) is 39.0 Å². The van der Waals surface area contributed by atoms with E-state index in [9.17, 15) is 4.79 Å². The number of ether oxygens (including phenoxy) is 1. The third kappa shape index (κ3) is 5.77. The van der Waals surface area contributed by atoms with Crippen LogP contribution in [0.2, 0.25) is 0 Å². The van der Waals surface area contributed by atoms with Crippen molar-refractivity contribution in [3.05, 3.63) is 0 Å². The zero-order valence-corrected chi connectivity index (χ0v) is 14.7. The van der Waals surface area contributed by atoms with Crippen molar-refractivity contribution >= 4 is 23.7 Å². The molecule has 0 aromatic rings. The predicted octanol–water partition coefficient (Wildman–Crippen LogP) is 1.83. The van der Waals surface area contributed by atoms with Crippen LogP contribution in [0.3, 0.4) is 0 Å². The first-order chi connectivity index (χ1) is 9.99. The SMILES string of the molecule is CCNC(=NCC(C)C(=O)OC)N1CCSC(C(C)C)C1. The second-order valence-corrected chi connectivity index (χ2v) is 7.07. The van der Waals surface area contributed by atoms with E-state index in [4.69, 9.17) is 4.74 Å². The van der Waals surface area contributed by atoms with Crippen LogP contribution in [0.1, 0.15) is 27.7 Å². The number of thioether (sulfide) groups is 1. The number of nitrogens with zero attached hydrogens (tertiary/aromatic N) is 2. The largest absolute Gasteiger partial charge is 0.469 e. The van der Waals surface area contributed by atoms with Gasteiger partial charge in [-0.3, -0.25) is 9.79 Å². The molecule has 1 fully saturated rings. The number of carbonyl (C=O) groups is 1. The van der Waals surface area contributed by atoms with Crippen LogP contribution < -0.4 is 5.32 Å². The minimum atomic E-state index is -0.205. The summed E-state index contributed by atoms with van der Waals surface area (Å²) in [5.41, 5.74) is 0. The summed E-state index contributed by atoms with van der Waals surface area (Å²) < 4.78 is 4.75. The highest BCUT2D eigenvalue weighted by Crippen LogP contribution is 2.24. The summed E-state index contributed by atoms with van der Waals surface area (Å²) in [7, 11) is 1.42. The molecule has 5 nitrogen and oxygen atoms in total. The number of esters is 1. The lowest BCUT2D eigenvalue weighted by Gasteiger charge is -2.36. The highest BCUT2D eigenvalue weighted by atomic mass is 32.2. The predicted molar refractivity (Wildman–Crippen MR) is 89.8 cm³/mol. The Labute approximate surface area is 132 Å². The van der Waals surface area contributed by atoms with E-state index in [1.54, 1.807) is 0 Å². The topological polar surface area (TPSA) is 53.9 Å². The number of nitrogens with one attached hydrogen (secondary N) is 1. The summed E-state index contributed by atoms with van der Waals surface area (Å²) >= 11 is 2.04. The molecule has 0 amide bonds. The smallest absolute Gasteiger partial charge is 0.310 e. The Morgan fingerprint density at radius 3 is 2.76 bits per heavy atom. The van der Waals surface area contributed by atoms with Crippen LogP contribution in [0.5, 0.6) is 0 Å². The van der Waals surface area contributed by atoms with Crippen LogP contribution in [-0.4, -0.2) is 61.1 Å². The summed E-state index contributed by atoms with van der Waals surface area (Å²) in [6.45, 7) is 11.8. The average molecular weight is 315 g/mol. The van der Waals surface area contributed by atoms with Crippen molar-refractivity contribution in [1.82, 2.24) is 10.2 Å². The minimum Gasteiger partial charge on any atom is -0.469 e. The van der Waals surface area contributed by atoms with Gasteiger partial charge >= 0.3 is 5.97 Å². The van der Waals surface area contributed by atoms with Crippen molar-refractivity contribution in [3.8, 4) is 0 Å². The van der Waals surface area contributed by atoms with E-state index in [2.05, 4.69) is 36.0 Å². The first-order valence-corrected chi connectivity index (χ1v) is 8.77. The maximum atomic E-state index is 11.5. The summed E-state index contributed by atoms with van der Waals surface area (Å²) in [5, 5.41) is 3.98. The maximum absolute atomic E-state index is 11.5. The van der Waals surface area contributed by atoms with Crippen LogP contribution in [0.25, 0.3) is 0 Å². The van der Waals surface area contributed by atoms with E-state index in [0.717, 1.165) is 31.3 Å². The second kappa shape index (κ2) is 9.18. The molecule has 1 aliphatic heterocycles. The number of hydrogen-bond acceptors (Lipinski definition) is 4. The summed E-state index contributed by atoms with van der Waals surface area (Å²) in [5.74, 6) is 2.29. The zero-order valence-electron chi connectivity index (χ0n) is 13.9. The van der Waals surface area contributed by atoms with Gasteiger partial charge in [0.1, 0.15) is 0 Å². The van der Waals surface area contributed by atoms with Gasteiger partial charge in [-0.15, -0.1) is 0 Å². The molecular weight excluding hydrogens is 286 g/mol. The first-order valence-electron chi connectivity index (χ1n) is 7.72. The molecule has 2 atom stereocenters. The average Bonchev–Trinajstić information content (AvgIpc) is 2.50. The van der Waals surface area contributed by atoms with E-state index in [-0.39, 0.29) is 11.9 Å². The fourth-order valence-corrected chi connectivity index (χ4v) is 3.49. The standard InChI is InChI=1S/C15H29N3O2S/c1-6-16-15(17-9-12(4)14(19)20-5)18-7-8-21-13(10-18)11(2)3/h11-13H,6-10H2,1-5H3,(H,16,17). The van der Waals surface area contributed by atoms with Gasteiger partial charge in [-0.2, -0.15) is 11.8 Å².